The van der Waals surface area contributed by atoms with E-state index in [1.165, 1.54) is 11.8 Å². The summed E-state index contributed by atoms with van der Waals surface area (Å²) in [7, 11) is 0. The lowest BCUT2D eigenvalue weighted by Crippen LogP contribution is -2.28. The lowest BCUT2D eigenvalue weighted by molar-refractivity contribution is -0.158. The molecular weight excluding hydrogens is 248 g/mol. The largest absolute Gasteiger partial charge is 0.478 e. The average Bonchev–Trinajstić information content (AvgIpc) is 2.25. The molecule has 0 saturated carbocycles. The predicted molar refractivity (Wildman–Crippen MR) is 61.9 cm³/mol. The van der Waals surface area contributed by atoms with Crippen molar-refractivity contribution in [1.82, 2.24) is 0 Å². The average molecular weight is 262 g/mol. The van der Waals surface area contributed by atoms with Gasteiger partial charge in [0.25, 0.3) is 0 Å². The number of carboxylic acid groups (broad SMARTS) is 2. The fourth-order valence-electron chi connectivity index (χ4n) is 0.809. The second-order valence-electron chi connectivity index (χ2n) is 3.01. The maximum Gasteiger partial charge on any atom is 0.345 e. The molecule has 0 spiro atoms. The van der Waals surface area contributed by atoms with E-state index in [4.69, 9.17) is 10.2 Å². The Morgan fingerprint density at radius 1 is 1.29 bits per heavy atom. The summed E-state index contributed by atoms with van der Waals surface area (Å²) in [4.78, 5) is 31.9. The minimum Gasteiger partial charge on any atom is -0.478 e. The second kappa shape index (κ2) is 8.63. The highest BCUT2D eigenvalue weighted by Crippen LogP contribution is 2.08. The van der Waals surface area contributed by atoms with Crippen LogP contribution in [0.15, 0.2) is 12.2 Å². The summed E-state index contributed by atoms with van der Waals surface area (Å²) in [6.07, 6.45) is 0.921. The van der Waals surface area contributed by atoms with E-state index in [9.17, 15) is 14.4 Å². The van der Waals surface area contributed by atoms with Crippen molar-refractivity contribution in [2.45, 2.75) is 19.4 Å². The summed E-state index contributed by atoms with van der Waals surface area (Å²) in [6.45, 7) is 1.95. The zero-order chi connectivity index (χ0) is 13.3. The fourth-order valence-corrected chi connectivity index (χ4v) is 1.69. The third kappa shape index (κ3) is 8.32. The second-order valence-corrected chi connectivity index (χ2v) is 4.16. The molecule has 1 unspecified atom stereocenters. The molecule has 96 valence electrons. The van der Waals surface area contributed by atoms with Gasteiger partial charge in [-0.15, -0.1) is 0 Å². The number of rotatable bonds is 8. The highest BCUT2D eigenvalue weighted by atomic mass is 32.2. The Morgan fingerprint density at radius 3 is 2.41 bits per heavy atom. The quantitative estimate of drug-likeness (QED) is 0.378. The van der Waals surface area contributed by atoms with Crippen LogP contribution in [0.1, 0.15) is 13.3 Å². The van der Waals surface area contributed by atoms with Gasteiger partial charge in [0.2, 0.25) is 6.10 Å². The molecule has 0 aromatic rings. The van der Waals surface area contributed by atoms with Crippen LogP contribution < -0.4 is 0 Å². The molecule has 0 bridgehead atoms. The number of thioether (sulfide) groups is 1. The van der Waals surface area contributed by atoms with Crippen molar-refractivity contribution < 1.29 is 29.3 Å². The Hall–Kier alpha value is -1.50. The Bertz CT molecular complexity index is 312. The molecule has 0 aromatic carbocycles. The maximum atomic E-state index is 11.1. The first-order valence-electron chi connectivity index (χ1n) is 4.89. The minimum atomic E-state index is -1.30. The van der Waals surface area contributed by atoms with E-state index >= 15 is 0 Å². The summed E-state index contributed by atoms with van der Waals surface area (Å²) < 4.78 is 4.60. The van der Waals surface area contributed by atoms with E-state index in [0.29, 0.717) is 12.2 Å². The van der Waals surface area contributed by atoms with E-state index in [1.54, 1.807) is 0 Å². The van der Waals surface area contributed by atoms with Crippen LogP contribution in [0.3, 0.4) is 0 Å². The number of hydrogen-bond acceptors (Lipinski definition) is 5. The van der Waals surface area contributed by atoms with Crippen LogP contribution in [0, 0.1) is 0 Å². The van der Waals surface area contributed by atoms with E-state index in [-0.39, 0.29) is 5.75 Å². The topological polar surface area (TPSA) is 101 Å². The minimum absolute atomic E-state index is 0.149. The molecule has 0 aliphatic heterocycles. The van der Waals surface area contributed by atoms with Crippen molar-refractivity contribution in [3.8, 4) is 0 Å². The molecular formula is C10H14O6S. The van der Waals surface area contributed by atoms with Gasteiger partial charge in [0.15, 0.2) is 0 Å². The first kappa shape index (κ1) is 15.5. The van der Waals surface area contributed by atoms with E-state index in [1.807, 2.05) is 6.92 Å². The zero-order valence-corrected chi connectivity index (χ0v) is 10.1. The Kier molecular flexibility index (Phi) is 7.87. The van der Waals surface area contributed by atoms with Crippen LogP contribution in [0.25, 0.3) is 0 Å². The SMILES string of the molecule is CCCSCC(OC(=O)C=CC(=O)O)C(=O)O. The van der Waals surface area contributed by atoms with Gasteiger partial charge in [0, 0.05) is 17.9 Å². The van der Waals surface area contributed by atoms with Gasteiger partial charge in [-0.3, -0.25) is 0 Å². The lowest BCUT2D eigenvalue weighted by Gasteiger charge is -2.11. The van der Waals surface area contributed by atoms with Crippen molar-refractivity contribution in [3.63, 3.8) is 0 Å². The van der Waals surface area contributed by atoms with Crippen LogP contribution in [-0.2, 0) is 19.1 Å². The van der Waals surface area contributed by atoms with Gasteiger partial charge in [-0.25, -0.2) is 14.4 Å². The van der Waals surface area contributed by atoms with Gasteiger partial charge in [-0.05, 0) is 12.2 Å². The normalized spacial score (nSPS) is 12.3. The molecule has 0 aromatic heterocycles. The first-order chi connectivity index (χ1) is 7.97. The van der Waals surface area contributed by atoms with Crippen LogP contribution in [-0.4, -0.2) is 45.7 Å². The summed E-state index contributed by atoms with van der Waals surface area (Å²) in [5, 5.41) is 17.0. The van der Waals surface area contributed by atoms with E-state index < -0.39 is 24.0 Å². The molecule has 17 heavy (non-hydrogen) atoms. The van der Waals surface area contributed by atoms with Gasteiger partial charge in [0.1, 0.15) is 0 Å². The molecule has 0 amide bonds. The zero-order valence-electron chi connectivity index (χ0n) is 9.29. The monoisotopic (exact) mass is 262 g/mol. The number of aliphatic carboxylic acids is 2. The highest BCUT2D eigenvalue weighted by Gasteiger charge is 2.20. The van der Waals surface area contributed by atoms with Gasteiger partial charge >= 0.3 is 17.9 Å². The van der Waals surface area contributed by atoms with E-state index in [2.05, 4.69) is 4.74 Å². The number of carbonyl (C=O) groups excluding carboxylic acids is 1. The molecule has 7 heteroatoms. The smallest absolute Gasteiger partial charge is 0.345 e. The number of hydrogen-bond donors (Lipinski definition) is 2. The van der Waals surface area contributed by atoms with Crippen molar-refractivity contribution in [2.24, 2.45) is 0 Å². The third-order valence-electron chi connectivity index (χ3n) is 1.51. The molecule has 0 saturated heterocycles. The lowest BCUT2D eigenvalue weighted by atomic mass is 10.4. The molecule has 0 aliphatic carbocycles. The van der Waals surface area contributed by atoms with Crippen molar-refractivity contribution >= 4 is 29.7 Å². The first-order valence-corrected chi connectivity index (χ1v) is 6.05. The van der Waals surface area contributed by atoms with Crippen LogP contribution in [0.5, 0.6) is 0 Å². The number of carbonyl (C=O) groups is 3. The fraction of sp³-hybridized carbons (Fsp3) is 0.500. The van der Waals surface area contributed by atoms with Gasteiger partial charge in [-0.2, -0.15) is 11.8 Å². The number of carboxylic acids is 2. The van der Waals surface area contributed by atoms with Crippen LogP contribution in [0.2, 0.25) is 0 Å². The number of ether oxygens (including phenoxy) is 1. The molecule has 0 aliphatic rings. The molecule has 6 nitrogen and oxygen atoms in total. The Morgan fingerprint density at radius 2 is 1.94 bits per heavy atom. The van der Waals surface area contributed by atoms with Gasteiger partial charge in [-0.1, -0.05) is 6.92 Å². The third-order valence-corrected chi connectivity index (χ3v) is 2.75. The maximum absolute atomic E-state index is 11.1. The summed E-state index contributed by atoms with van der Waals surface area (Å²) in [6, 6.07) is 0. The molecule has 0 heterocycles. The Labute approximate surface area is 103 Å². The molecule has 0 fully saturated rings. The van der Waals surface area contributed by atoms with Gasteiger partial charge < -0.3 is 14.9 Å². The van der Waals surface area contributed by atoms with Crippen LogP contribution in [0.4, 0.5) is 0 Å². The van der Waals surface area contributed by atoms with Gasteiger partial charge in [0.05, 0.1) is 0 Å². The highest BCUT2D eigenvalue weighted by molar-refractivity contribution is 7.99. The van der Waals surface area contributed by atoms with E-state index in [0.717, 1.165) is 12.2 Å². The summed E-state index contributed by atoms with van der Waals surface area (Å²) in [5.41, 5.74) is 0. The molecule has 1 atom stereocenters. The molecule has 0 radical (unpaired) electrons. The molecule has 0 rings (SSSR count). The Balaban J connectivity index is 4.20. The molecule has 2 N–H and O–H groups in total. The summed E-state index contributed by atoms with van der Waals surface area (Å²) in [5.74, 6) is -2.60. The van der Waals surface area contributed by atoms with Crippen molar-refractivity contribution in [3.05, 3.63) is 12.2 Å². The standard InChI is InChI=1S/C10H14O6S/c1-2-5-17-6-7(10(14)15)16-9(13)4-3-8(11)12/h3-4,7H,2,5-6H2,1H3,(H,11,12)(H,14,15). The number of esters is 1. The predicted octanol–water partition coefficient (Wildman–Crippen LogP) is 0.767. The van der Waals surface area contributed by atoms with Crippen molar-refractivity contribution in [2.75, 3.05) is 11.5 Å². The summed E-state index contributed by atoms with van der Waals surface area (Å²) >= 11 is 1.36. The van der Waals surface area contributed by atoms with Crippen molar-refractivity contribution in [1.29, 1.82) is 0 Å². The van der Waals surface area contributed by atoms with Crippen LogP contribution >= 0.6 is 11.8 Å².